The van der Waals surface area contributed by atoms with Gasteiger partial charge < -0.3 is 10.6 Å². The van der Waals surface area contributed by atoms with Crippen LogP contribution >= 0.6 is 22.6 Å². The molecule has 0 aliphatic rings. The molecule has 17 heavy (non-hydrogen) atoms. The molecule has 1 amide bonds. The number of nitrogens with two attached hydrogens (primary N) is 1. The van der Waals surface area contributed by atoms with Crippen molar-refractivity contribution < 1.29 is 4.79 Å². The SMILES string of the molecule is CCC(C)CN(C)C(=O)c1cc(N)cc(I)c1. The monoisotopic (exact) mass is 346 g/mol. The molecule has 0 spiro atoms. The standard InChI is InChI=1S/C13H19IN2O/c1-4-9(2)8-16(3)13(17)10-5-11(14)7-12(15)6-10/h5-7,9H,4,8,15H2,1-3H3. The number of carbonyl (C=O) groups is 1. The van der Waals surface area contributed by atoms with Crippen LogP contribution in [0.25, 0.3) is 0 Å². The number of hydrogen-bond donors (Lipinski definition) is 1. The first kappa shape index (κ1) is 14.3. The maximum absolute atomic E-state index is 12.2. The zero-order valence-electron chi connectivity index (χ0n) is 10.5. The molecule has 0 aliphatic heterocycles. The molecule has 2 N–H and O–H groups in total. The highest BCUT2D eigenvalue weighted by Gasteiger charge is 2.14. The highest BCUT2D eigenvalue weighted by Crippen LogP contribution is 2.16. The van der Waals surface area contributed by atoms with Crippen LogP contribution in [0.2, 0.25) is 0 Å². The minimum atomic E-state index is 0.0375. The predicted molar refractivity (Wildman–Crippen MR) is 80.0 cm³/mol. The molecule has 0 saturated carbocycles. The highest BCUT2D eigenvalue weighted by atomic mass is 127. The Labute approximate surface area is 117 Å². The van der Waals surface area contributed by atoms with Crippen LogP contribution in [-0.2, 0) is 0 Å². The topological polar surface area (TPSA) is 46.3 Å². The zero-order valence-corrected chi connectivity index (χ0v) is 12.7. The summed E-state index contributed by atoms with van der Waals surface area (Å²) in [5.74, 6) is 0.555. The lowest BCUT2D eigenvalue weighted by Crippen LogP contribution is -2.31. The summed E-state index contributed by atoms with van der Waals surface area (Å²) in [5, 5.41) is 0. The van der Waals surface area contributed by atoms with Gasteiger partial charge in [-0.2, -0.15) is 0 Å². The number of anilines is 1. The van der Waals surface area contributed by atoms with Crippen LogP contribution in [0.3, 0.4) is 0 Å². The van der Waals surface area contributed by atoms with Crippen molar-refractivity contribution in [1.29, 1.82) is 0 Å². The van der Waals surface area contributed by atoms with E-state index in [9.17, 15) is 4.79 Å². The Kier molecular flexibility index (Phi) is 5.24. The van der Waals surface area contributed by atoms with Crippen LogP contribution in [0.4, 0.5) is 5.69 Å². The molecular weight excluding hydrogens is 327 g/mol. The number of halogens is 1. The summed E-state index contributed by atoms with van der Waals surface area (Å²) >= 11 is 2.17. The predicted octanol–water partition coefficient (Wildman–Crippen LogP) is 2.99. The van der Waals surface area contributed by atoms with Crippen molar-refractivity contribution in [3.63, 3.8) is 0 Å². The molecular formula is C13H19IN2O. The molecule has 94 valence electrons. The minimum absolute atomic E-state index is 0.0375. The van der Waals surface area contributed by atoms with Gasteiger partial charge in [-0.25, -0.2) is 0 Å². The molecule has 0 radical (unpaired) electrons. The van der Waals surface area contributed by atoms with E-state index in [0.717, 1.165) is 16.5 Å². The van der Waals surface area contributed by atoms with Gasteiger partial charge in [-0.3, -0.25) is 4.79 Å². The van der Waals surface area contributed by atoms with Crippen molar-refractivity contribution in [2.75, 3.05) is 19.3 Å². The average Bonchev–Trinajstić information content (AvgIpc) is 2.26. The van der Waals surface area contributed by atoms with Gasteiger partial charge in [0.2, 0.25) is 0 Å². The summed E-state index contributed by atoms with van der Waals surface area (Å²) in [6, 6.07) is 5.45. The van der Waals surface area contributed by atoms with E-state index in [1.807, 2.05) is 19.2 Å². The second-order valence-electron chi connectivity index (χ2n) is 4.47. The number of nitrogen functional groups attached to an aromatic ring is 1. The average molecular weight is 346 g/mol. The van der Waals surface area contributed by atoms with Crippen LogP contribution in [0.1, 0.15) is 30.6 Å². The first-order chi connectivity index (χ1) is 7.93. The fourth-order valence-corrected chi connectivity index (χ4v) is 2.33. The summed E-state index contributed by atoms with van der Waals surface area (Å²) in [5.41, 5.74) is 7.05. The lowest BCUT2D eigenvalue weighted by molar-refractivity contribution is 0.0775. The fraction of sp³-hybridized carbons (Fsp3) is 0.462. The van der Waals surface area contributed by atoms with Gasteiger partial charge in [-0.15, -0.1) is 0 Å². The molecule has 0 aromatic heterocycles. The number of carbonyl (C=O) groups excluding carboxylic acids is 1. The largest absolute Gasteiger partial charge is 0.399 e. The molecule has 0 heterocycles. The van der Waals surface area contributed by atoms with E-state index in [1.54, 1.807) is 11.0 Å². The number of amides is 1. The highest BCUT2D eigenvalue weighted by molar-refractivity contribution is 14.1. The quantitative estimate of drug-likeness (QED) is 0.673. The first-order valence-corrected chi connectivity index (χ1v) is 6.83. The minimum Gasteiger partial charge on any atom is -0.399 e. The number of benzene rings is 1. The second kappa shape index (κ2) is 6.23. The smallest absolute Gasteiger partial charge is 0.253 e. The normalized spacial score (nSPS) is 12.2. The van der Waals surface area contributed by atoms with Gasteiger partial charge in [0.1, 0.15) is 0 Å². The Morgan fingerprint density at radius 2 is 2.12 bits per heavy atom. The Balaban J connectivity index is 2.81. The molecule has 3 nitrogen and oxygen atoms in total. The van der Waals surface area contributed by atoms with Crippen LogP contribution in [-0.4, -0.2) is 24.4 Å². The third kappa shape index (κ3) is 4.18. The molecule has 0 fully saturated rings. The molecule has 0 aliphatic carbocycles. The Morgan fingerprint density at radius 1 is 1.47 bits per heavy atom. The lowest BCUT2D eigenvalue weighted by atomic mass is 10.1. The first-order valence-electron chi connectivity index (χ1n) is 5.75. The van der Waals surface area contributed by atoms with E-state index in [0.29, 0.717) is 17.2 Å². The van der Waals surface area contributed by atoms with Gasteiger partial charge in [0.25, 0.3) is 5.91 Å². The Bertz CT molecular complexity index is 386. The number of hydrogen-bond acceptors (Lipinski definition) is 2. The molecule has 1 aromatic carbocycles. The van der Waals surface area contributed by atoms with Gasteiger partial charge in [0.15, 0.2) is 0 Å². The van der Waals surface area contributed by atoms with E-state index < -0.39 is 0 Å². The van der Waals surface area contributed by atoms with E-state index in [4.69, 9.17) is 5.73 Å². The summed E-state index contributed by atoms with van der Waals surface area (Å²) in [4.78, 5) is 13.9. The Hall–Kier alpha value is -0.780. The van der Waals surface area contributed by atoms with Crippen molar-refractivity contribution in [2.45, 2.75) is 20.3 Å². The third-order valence-electron chi connectivity index (χ3n) is 2.80. The van der Waals surface area contributed by atoms with Crippen molar-refractivity contribution in [3.05, 3.63) is 27.3 Å². The zero-order chi connectivity index (χ0) is 13.0. The van der Waals surface area contributed by atoms with Crippen LogP contribution in [0.15, 0.2) is 18.2 Å². The maximum atomic E-state index is 12.2. The van der Waals surface area contributed by atoms with E-state index in [1.165, 1.54) is 0 Å². The van der Waals surface area contributed by atoms with Crippen molar-refractivity contribution in [2.24, 2.45) is 5.92 Å². The van der Waals surface area contributed by atoms with E-state index >= 15 is 0 Å². The van der Waals surface area contributed by atoms with E-state index in [2.05, 4.69) is 36.4 Å². The van der Waals surface area contributed by atoms with Gasteiger partial charge in [0, 0.05) is 28.4 Å². The summed E-state index contributed by atoms with van der Waals surface area (Å²) in [6.07, 6.45) is 1.08. The van der Waals surface area contributed by atoms with Crippen molar-refractivity contribution in [3.8, 4) is 0 Å². The van der Waals surface area contributed by atoms with Crippen LogP contribution < -0.4 is 5.73 Å². The fourth-order valence-electron chi connectivity index (χ4n) is 1.64. The second-order valence-corrected chi connectivity index (χ2v) is 5.72. The summed E-state index contributed by atoms with van der Waals surface area (Å²) < 4.78 is 0.989. The van der Waals surface area contributed by atoms with Crippen LogP contribution in [0.5, 0.6) is 0 Å². The van der Waals surface area contributed by atoms with Crippen molar-refractivity contribution in [1.82, 2.24) is 4.90 Å². The number of nitrogens with zero attached hydrogens (tertiary/aromatic N) is 1. The van der Waals surface area contributed by atoms with Crippen LogP contribution in [0, 0.1) is 9.49 Å². The molecule has 1 rings (SSSR count). The summed E-state index contributed by atoms with van der Waals surface area (Å²) in [7, 11) is 1.84. The number of rotatable bonds is 4. The van der Waals surface area contributed by atoms with E-state index in [-0.39, 0.29) is 5.91 Å². The van der Waals surface area contributed by atoms with Gasteiger partial charge in [0.05, 0.1) is 0 Å². The van der Waals surface area contributed by atoms with Gasteiger partial charge in [-0.1, -0.05) is 20.3 Å². The van der Waals surface area contributed by atoms with Crippen molar-refractivity contribution >= 4 is 34.2 Å². The lowest BCUT2D eigenvalue weighted by Gasteiger charge is -2.21. The molecule has 1 atom stereocenters. The molecule has 1 unspecified atom stereocenters. The maximum Gasteiger partial charge on any atom is 0.253 e. The molecule has 0 saturated heterocycles. The Morgan fingerprint density at radius 3 is 2.65 bits per heavy atom. The molecule has 4 heteroatoms. The van der Waals surface area contributed by atoms with Gasteiger partial charge in [-0.05, 0) is 46.7 Å². The molecule has 1 aromatic rings. The summed E-state index contributed by atoms with van der Waals surface area (Å²) in [6.45, 7) is 5.06. The molecule has 0 bridgehead atoms. The van der Waals surface area contributed by atoms with Gasteiger partial charge >= 0.3 is 0 Å². The third-order valence-corrected chi connectivity index (χ3v) is 3.42.